The van der Waals surface area contributed by atoms with Crippen LogP contribution in [0.25, 0.3) is 0 Å². The molecule has 0 amide bonds. The molecule has 1 atom stereocenters. The zero-order chi connectivity index (χ0) is 12.9. The highest BCUT2D eigenvalue weighted by Crippen LogP contribution is 2.09. The van der Waals surface area contributed by atoms with Gasteiger partial charge in [0.15, 0.2) is 0 Å². The fourth-order valence-corrected chi connectivity index (χ4v) is 1.85. The van der Waals surface area contributed by atoms with Crippen LogP contribution in [0, 0.1) is 0 Å². The number of nitrogens with two attached hydrogens (primary N) is 1. The normalized spacial score (nSPS) is 12.6. The summed E-state index contributed by atoms with van der Waals surface area (Å²) in [6, 6.07) is -0.324. The highest BCUT2D eigenvalue weighted by molar-refractivity contribution is 5.83. The van der Waals surface area contributed by atoms with Crippen LogP contribution >= 0.6 is 0 Å². The number of carbonyl (C=O) groups excluding carboxylic acids is 1. The minimum atomic E-state index is -0.324. The maximum absolute atomic E-state index is 11.6. The lowest BCUT2D eigenvalue weighted by molar-refractivity contribution is -0.120. The fourth-order valence-electron chi connectivity index (χ4n) is 1.85. The van der Waals surface area contributed by atoms with Crippen molar-refractivity contribution in [2.24, 2.45) is 5.73 Å². The molecule has 0 rings (SSSR count). The monoisotopic (exact) mass is 243 g/mol. The summed E-state index contributed by atoms with van der Waals surface area (Å²) in [7, 11) is 1.63. The molecule has 2 N–H and O–H groups in total. The number of hydrogen-bond acceptors (Lipinski definition) is 3. The Bertz CT molecular complexity index is 183. The van der Waals surface area contributed by atoms with E-state index in [1.54, 1.807) is 7.11 Å². The van der Waals surface area contributed by atoms with E-state index >= 15 is 0 Å². The summed E-state index contributed by atoms with van der Waals surface area (Å²) in [5.74, 6) is 0.190. The maximum atomic E-state index is 11.6. The average Bonchev–Trinajstić information content (AvgIpc) is 2.34. The van der Waals surface area contributed by atoms with Crippen molar-refractivity contribution >= 4 is 5.78 Å². The van der Waals surface area contributed by atoms with Gasteiger partial charge in [0.25, 0.3) is 0 Å². The summed E-state index contributed by atoms with van der Waals surface area (Å²) in [6.07, 6.45) is 9.94. The molecule has 0 heterocycles. The van der Waals surface area contributed by atoms with Gasteiger partial charge in [-0.3, -0.25) is 4.79 Å². The van der Waals surface area contributed by atoms with Crippen LogP contribution in [0.3, 0.4) is 0 Å². The lowest BCUT2D eigenvalue weighted by Crippen LogP contribution is -2.31. The summed E-state index contributed by atoms with van der Waals surface area (Å²) in [6.45, 7) is 2.80. The molecule has 0 aliphatic heterocycles. The third-order valence-corrected chi connectivity index (χ3v) is 3.07. The molecule has 3 nitrogen and oxygen atoms in total. The zero-order valence-corrected chi connectivity index (χ0v) is 11.5. The largest absolute Gasteiger partial charge is 0.385 e. The minimum absolute atomic E-state index is 0.190. The van der Waals surface area contributed by atoms with Crippen LogP contribution in [0.15, 0.2) is 0 Å². The Hall–Kier alpha value is -0.410. The first-order chi connectivity index (χ1) is 8.22. The average molecular weight is 243 g/mol. The summed E-state index contributed by atoms with van der Waals surface area (Å²) in [5.41, 5.74) is 5.75. The Morgan fingerprint density at radius 1 is 1.12 bits per heavy atom. The minimum Gasteiger partial charge on any atom is -0.385 e. The van der Waals surface area contributed by atoms with E-state index in [-0.39, 0.29) is 11.8 Å². The Labute approximate surface area is 106 Å². The van der Waals surface area contributed by atoms with Gasteiger partial charge in [-0.25, -0.2) is 0 Å². The molecule has 0 spiro atoms. The lowest BCUT2D eigenvalue weighted by atomic mass is 10.0. The molecule has 102 valence electrons. The van der Waals surface area contributed by atoms with Crippen molar-refractivity contribution in [2.45, 2.75) is 70.8 Å². The Morgan fingerprint density at radius 3 is 2.29 bits per heavy atom. The topological polar surface area (TPSA) is 52.3 Å². The van der Waals surface area contributed by atoms with E-state index in [4.69, 9.17) is 10.5 Å². The molecule has 0 bridgehead atoms. The zero-order valence-electron chi connectivity index (χ0n) is 11.5. The third-order valence-electron chi connectivity index (χ3n) is 3.07. The van der Waals surface area contributed by atoms with Crippen LogP contribution in [-0.2, 0) is 9.53 Å². The van der Waals surface area contributed by atoms with Gasteiger partial charge in [0, 0.05) is 20.1 Å². The molecule has 0 aromatic heterocycles. The van der Waals surface area contributed by atoms with Crippen molar-refractivity contribution in [3.8, 4) is 0 Å². The van der Waals surface area contributed by atoms with E-state index in [1.165, 1.54) is 32.1 Å². The van der Waals surface area contributed by atoms with Crippen molar-refractivity contribution in [1.29, 1.82) is 0 Å². The summed E-state index contributed by atoms with van der Waals surface area (Å²) >= 11 is 0. The van der Waals surface area contributed by atoms with Gasteiger partial charge < -0.3 is 10.5 Å². The van der Waals surface area contributed by atoms with Crippen molar-refractivity contribution < 1.29 is 9.53 Å². The molecule has 0 radical (unpaired) electrons. The van der Waals surface area contributed by atoms with Gasteiger partial charge in [-0.1, -0.05) is 45.4 Å². The van der Waals surface area contributed by atoms with Crippen molar-refractivity contribution in [2.75, 3.05) is 13.7 Å². The van der Waals surface area contributed by atoms with Crippen LogP contribution in [0.1, 0.15) is 64.7 Å². The molecule has 0 fully saturated rings. The van der Waals surface area contributed by atoms with Crippen LogP contribution in [0.4, 0.5) is 0 Å². The van der Waals surface area contributed by atoms with Gasteiger partial charge in [0.05, 0.1) is 6.04 Å². The maximum Gasteiger partial charge on any atom is 0.149 e. The van der Waals surface area contributed by atoms with E-state index in [0.29, 0.717) is 19.4 Å². The number of rotatable bonds is 12. The van der Waals surface area contributed by atoms with Gasteiger partial charge in [-0.15, -0.1) is 0 Å². The number of carbonyl (C=O) groups is 1. The summed E-state index contributed by atoms with van der Waals surface area (Å²) in [4.78, 5) is 11.6. The van der Waals surface area contributed by atoms with Crippen molar-refractivity contribution in [3.05, 3.63) is 0 Å². The Kier molecular flexibility index (Phi) is 11.8. The predicted octanol–water partition coefficient (Wildman–Crippen LogP) is 3.06. The molecule has 0 aromatic rings. The first kappa shape index (κ1) is 16.6. The smallest absolute Gasteiger partial charge is 0.149 e. The summed E-state index contributed by atoms with van der Waals surface area (Å²) in [5, 5.41) is 0. The number of ether oxygens (including phenoxy) is 1. The second-order valence-electron chi connectivity index (χ2n) is 4.73. The van der Waals surface area contributed by atoms with Gasteiger partial charge in [0.2, 0.25) is 0 Å². The van der Waals surface area contributed by atoms with Crippen LogP contribution in [0.5, 0.6) is 0 Å². The molecular formula is C14H29NO2. The van der Waals surface area contributed by atoms with Gasteiger partial charge in [-0.2, -0.15) is 0 Å². The molecule has 0 aromatic carbocycles. The van der Waals surface area contributed by atoms with E-state index in [1.807, 2.05) is 0 Å². The summed E-state index contributed by atoms with van der Waals surface area (Å²) < 4.78 is 4.91. The van der Waals surface area contributed by atoms with Crippen molar-refractivity contribution in [1.82, 2.24) is 0 Å². The number of ketones is 1. The van der Waals surface area contributed by atoms with Crippen LogP contribution in [-0.4, -0.2) is 25.5 Å². The SMILES string of the molecule is CCCCCCCCCC(=O)C(N)CCOC. The third kappa shape index (κ3) is 10.5. The number of unbranched alkanes of at least 4 members (excludes halogenated alkanes) is 6. The second-order valence-corrected chi connectivity index (χ2v) is 4.73. The second kappa shape index (κ2) is 12.1. The van der Waals surface area contributed by atoms with E-state index in [2.05, 4.69) is 6.92 Å². The van der Waals surface area contributed by atoms with Gasteiger partial charge >= 0.3 is 0 Å². The lowest BCUT2D eigenvalue weighted by Gasteiger charge is -2.09. The number of methoxy groups -OCH3 is 1. The van der Waals surface area contributed by atoms with Crippen molar-refractivity contribution in [3.63, 3.8) is 0 Å². The number of Topliss-reactive ketones (excluding diaryl/α,β-unsaturated/α-hetero) is 1. The molecule has 0 aliphatic carbocycles. The Morgan fingerprint density at radius 2 is 1.71 bits per heavy atom. The van der Waals surface area contributed by atoms with E-state index in [9.17, 15) is 4.79 Å². The first-order valence-corrected chi connectivity index (χ1v) is 6.99. The van der Waals surface area contributed by atoms with Gasteiger partial charge in [-0.05, 0) is 12.8 Å². The molecular weight excluding hydrogens is 214 g/mol. The van der Waals surface area contributed by atoms with Crippen LogP contribution in [0.2, 0.25) is 0 Å². The Balaban J connectivity index is 3.32. The highest BCUT2D eigenvalue weighted by Gasteiger charge is 2.11. The quantitative estimate of drug-likeness (QED) is 0.536. The fraction of sp³-hybridized carbons (Fsp3) is 0.929. The van der Waals surface area contributed by atoms with Gasteiger partial charge in [0.1, 0.15) is 5.78 Å². The first-order valence-electron chi connectivity index (χ1n) is 6.99. The molecule has 0 saturated carbocycles. The highest BCUT2D eigenvalue weighted by atomic mass is 16.5. The number of hydrogen-bond donors (Lipinski definition) is 1. The van der Waals surface area contributed by atoms with E-state index < -0.39 is 0 Å². The molecule has 0 aliphatic rings. The standard InChI is InChI=1S/C14H29NO2/c1-3-4-5-6-7-8-9-10-14(16)13(15)11-12-17-2/h13H,3-12,15H2,1-2H3. The van der Waals surface area contributed by atoms with E-state index in [0.717, 1.165) is 12.8 Å². The molecule has 3 heteroatoms. The predicted molar refractivity (Wildman–Crippen MR) is 72.1 cm³/mol. The molecule has 1 unspecified atom stereocenters. The molecule has 0 saturated heterocycles. The molecule has 17 heavy (non-hydrogen) atoms. The van der Waals surface area contributed by atoms with Crippen LogP contribution < -0.4 is 5.73 Å².